The van der Waals surface area contributed by atoms with Gasteiger partial charge in [-0.25, -0.2) is 0 Å². The van der Waals surface area contributed by atoms with Crippen molar-refractivity contribution in [1.29, 1.82) is 0 Å². The standard InChI is InChI=1S/C60H106O6/c1-4-7-10-13-16-19-22-25-27-29-31-32-35-38-41-44-47-50-53-59(62)65-56-57(55-64-58(61)52-49-46-43-40-37-34-24-21-18-15-12-9-6-3)66-60(63)54-51-48-45-42-39-36-33-30-28-26-23-20-17-14-11-8-5-2/h9,12,18,21,26,28,34,37,43,46,57H,4-8,10-11,13-17,19-20,22-25,27,29-33,35-36,38-42,44-45,47-56H2,1-3H3/b12-9-,21-18-,28-26-,37-34-,46-43-. The van der Waals surface area contributed by atoms with Crippen molar-refractivity contribution >= 4 is 17.9 Å². The minimum atomic E-state index is -0.803. The fraction of sp³-hybridized carbons (Fsp3) is 0.783. The molecular weight excluding hydrogens is 817 g/mol. The van der Waals surface area contributed by atoms with E-state index in [0.717, 1.165) is 64.2 Å². The van der Waals surface area contributed by atoms with Gasteiger partial charge in [-0.05, 0) is 70.6 Å². The molecule has 0 N–H and O–H groups in total. The van der Waals surface area contributed by atoms with Crippen LogP contribution in [0.3, 0.4) is 0 Å². The third kappa shape index (κ3) is 52.1. The Morgan fingerprint density at radius 1 is 0.318 bits per heavy atom. The first kappa shape index (κ1) is 63.1. The summed E-state index contributed by atoms with van der Waals surface area (Å²) < 4.78 is 16.8. The van der Waals surface area contributed by atoms with Crippen LogP contribution in [-0.2, 0) is 28.6 Å². The molecule has 0 bridgehead atoms. The van der Waals surface area contributed by atoms with E-state index in [1.807, 2.05) is 6.08 Å². The molecule has 0 aliphatic carbocycles. The molecule has 1 atom stereocenters. The van der Waals surface area contributed by atoms with Crippen LogP contribution in [0.4, 0.5) is 0 Å². The molecule has 0 amide bonds. The Balaban J connectivity index is 4.40. The molecule has 382 valence electrons. The largest absolute Gasteiger partial charge is 0.462 e. The predicted octanol–water partition coefficient (Wildman–Crippen LogP) is 18.8. The maximum absolute atomic E-state index is 12.8. The fourth-order valence-corrected chi connectivity index (χ4v) is 8.04. The molecule has 0 saturated carbocycles. The summed E-state index contributed by atoms with van der Waals surface area (Å²) in [7, 11) is 0. The van der Waals surface area contributed by atoms with Crippen LogP contribution in [0.25, 0.3) is 0 Å². The SMILES string of the molecule is CC/C=C\C/C=C\C/C=C\C/C=C\CCC(=O)OCC(COC(=O)CCCCCCCCCCCCCCCCCCCC)OC(=O)CCCCCCCCC/C=C\CCCCCCCC. The zero-order valence-electron chi connectivity index (χ0n) is 43.7. The highest BCUT2D eigenvalue weighted by atomic mass is 16.6. The average Bonchev–Trinajstić information content (AvgIpc) is 3.31. The van der Waals surface area contributed by atoms with Crippen LogP contribution >= 0.6 is 0 Å². The topological polar surface area (TPSA) is 78.9 Å². The first-order valence-electron chi connectivity index (χ1n) is 28.3. The van der Waals surface area contributed by atoms with Crippen LogP contribution in [0, 0.1) is 0 Å². The number of unbranched alkanes of at least 4 members (excludes halogenated alkanes) is 30. The number of ether oxygens (including phenoxy) is 3. The molecule has 0 radical (unpaired) electrons. The third-order valence-electron chi connectivity index (χ3n) is 12.3. The number of allylic oxidation sites excluding steroid dienone is 10. The molecular formula is C60H106O6. The summed E-state index contributed by atoms with van der Waals surface area (Å²) >= 11 is 0. The highest BCUT2D eigenvalue weighted by Gasteiger charge is 2.19. The molecule has 1 unspecified atom stereocenters. The lowest BCUT2D eigenvalue weighted by atomic mass is 10.0. The van der Waals surface area contributed by atoms with E-state index in [1.165, 1.54) is 173 Å². The summed E-state index contributed by atoms with van der Waals surface area (Å²) in [6.07, 6.45) is 68.0. The Labute approximate surface area is 409 Å². The van der Waals surface area contributed by atoms with Crippen LogP contribution in [0.1, 0.15) is 284 Å². The first-order chi connectivity index (χ1) is 32.5. The van der Waals surface area contributed by atoms with E-state index in [-0.39, 0.29) is 37.5 Å². The van der Waals surface area contributed by atoms with E-state index >= 15 is 0 Å². The summed E-state index contributed by atoms with van der Waals surface area (Å²) in [5.41, 5.74) is 0. The monoisotopic (exact) mass is 923 g/mol. The van der Waals surface area contributed by atoms with Crippen molar-refractivity contribution in [1.82, 2.24) is 0 Å². The van der Waals surface area contributed by atoms with Gasteiger partial charge in [-0.3, -0.25) is 14.4 Å². The molecule has 6 nitrogen and oxygen atoms in total. The minimum Gasteiger partial charge on any atom is -0.462 e. The summed E-state index contributed by atoms with van der Waals surface area (Å²) in [5, 5.41) is 0. The lowest BCUT2D eigenvalue weighted by Crippen LogP contribution is -2.30. The van der Waals surface area contributed by atoms with Gasteiger partial charge in [0.1, 0.15) is 13.2 Å². The van der Waals surface area contributed by atoms with Gasteiger partial charge in [-0.15, -0.1) is 0 Å². The molecule has 0 fully saturated rings. The van der Waals surface area contributed by atoms with Crippen LogP contribution in [0.15, 0.2) is 60.8 Å². The van der Waals surface area contributed by atoms with E-state index in [1.54, 1.807) is 0 Å². The van der Waals surface area contributed by atoms with Crippen molar-refractivity contribution in [2.24, 2.45) is 0 Å². The lowest BCUT2D eigenvalue weighted by Gasteiger charge is -2.18. The quantitative estimate of drug-likeness (QED) is 0.0262. The van der Waals surface area contributed by atoms with Gasteiger partial charge in [-0.1, -0.05) is 255 Å². The van der Waals surface area contributed by atoms with Crippen molar-refractivity contribution in [3.63, 3.8) is 0 Å². The van der Waals surface area contributed by atoms with Crippen molar-refractivity contribution in [3.05, 3.63) is 60.8 Å². The van der Waals surface area contributed by atoms with Gasteiger partial charge in [0.2, 0.25) is 0 Å². The molecule has 0 aromatic heterocycles. The Bertz CT molecular complexity index is 1200. The summed E-state index contributed by atoms with van der Waals surface area (Å²) in [6, 6.07) is 0. The van der Waals surface area contributed by atoms with Gasteiger partial charge in [0, 0.05) is 19.3 Å². The maximum atomic E-state index is 12.8. The maximum Gasteiger partial charge on any atom is 0.306 e. The Morgan fingerprint density at radius 3 is 1.02 bits per heavy atom. The molecule has 0 aromatic carbocycles. The molecule has 0 aliphatic heterocycles. The van der Waals surface area contributed by atoms with Crippen LogP contribution in [-0.4, -0.2) is 37.2 Å². The summed E-state index contributed by atoms with van der Waals surface area (Å²) in [6.45, 7) is 6.48. The predicted molar refractivity (Wildman–Crippen MR) is 284 cm³/mol. The van der Waals surface area contributed by atoms with Crippen molar-refractivity contribution in [2.45, 2.75) is 290 Å². The zero-order valence-corrected chi connectivity index (χ0v) is 43.7. The number of esters is 3. The zero-order chi connectivity index (χ0) is 47.9. The van der Waals surface area contributed by atoms with E-state index < -0.39 is 6.10 Å². The molecule has 66 heavy (non-hydrogen) atoms. The first-order valence-corrected chi connectivity index (χ1v) is 28.3. The highest BCUT2D eigenvalue weighted by molar-refractivity contribution is 5.71. The summed E-state index contributed by atoms with van der Waals surface area (Å²) in [5.74, 6) is -0.974. The molecule has 0 aliphatic rings. The second-order valence-electron chi connectivity index (χ2n) is 18.8. The molecule has 6 heteroatoms. The number of rotatable bonds is 51. The highest BCUT2D eigenvalue weighted by Crippen LogP contribution is 2.16. The second-order valence-corrected chi connectivity index (χ2v) is 18.8. The molecule has 0 rings (SSSR count). The minimum absolute atomic E-state index is 0.0952. The number of hydrogen-bond donors (Lipinski definition) is 0. The Morgan fingerprint density at radius 2 is 0.621 bits per heavy atom. The van der Waals surface area contributed by atoms with Gasteiger partial charge in [0.25, 0.3) is 0 Å². The van der Waals surface area contributed by atoms with Crippen LogP contribution < -0.4 is 0 Å². The molecule has 0 aromatic rings. The van der Waals surface area contributed by atoms with Crippen molar-refractivity contribution < 1.29 is 28.6 Å². The van der Waals surface area contributed by atoms with Crippen molar-refractivity contribution in [3.8, 4) is 0 Å². The Hall–Kier alpha value is -2.89. The lowest BCUT2D eigenvalue weighted by molar-refractivity contribution is -0.166. The van der Waals surface area contributed by atoms with Crippen LogP contribution in [0.5, 0.6) is 0 Å². The van der Waals surface area contributed by atoms with E-state index in [2.05, 4.69) is 75.5 Å². The van der Waals surface area contributed by atoms with Gasteiger partial charge >= 0.3 is 17.9 Å². The Kier molecular flexibility index (Phi) is 52.3. The summed E-state index contributed by atoms with van der Waals surface area (Å²) in [4.78, 5) is 38.1. The van der Waals surface area contributed by atoms with Crippen LogP contribution in [0.2, 0.25) is 0 Å². The number of carbonyl (C=O) groups excluding carboxylic acids is 3. The van der Waals surface area contributed by atoms with E-state index in [9.17, 15) is 14.4 Å². The van der Waals surface area contributed by atoms with Crippen molar-refractivity contribution in [2.75, 3.05) is 13.2 Å². The molecule has 0 heterocycles. The van der Waals surface area contributed by atoms with Gasteiger partial charge < -0.3 is 14.2 Å². The molecule has 0 spiro atoms. The van der Waals surface area contributed by atoms with Gasteiger partial charge in [0.15, 0.2) is 6.10 Å². The third-order valence-corrected chi connectivity index (χ3v) is 12.3. The van der Waals surface area contributed by atoms with E-state index in [0.29, 0.717) is 19.3 Å². The number of carbonyl (C=O) groups is 3. The van der Waals surface area contributed by atoms with E-state index in [4.69, 9.17) is 14.2 Å². The van der Waals surface area contributed by atoms with Gasteiger partial charge in [-0.2, -0.15) is 0 Å². The normalized spacial score (nSPS) is 12.5. The number of hydrogen-bond acceptors (Lipinski definition) is 6. The smallest absolute Gasteiger partial charge is 0.306 e. The molecule has 0 saturated heterocycles. The van der Waals surface area contributed by atoms with Gasteiger partial charge in [0.05, 0.1) is 0 Å². The second kappa shape index (κ2) is 54.7. The fourth-order valence-electron chi connectivity index (χ4n) is 8.04. The average molecular weight is 924 g/mol.